The average molecular weight is 415 g/mol. The van der Waals surface area contributed by atoms with Gasteiger partial charge in [0.25, 0.3) is 5.91 Å². The number of hydrogen-bond acceptors (Lipinski definition) is 3. The number of nitrogens with one attached hydrogen (secondary N) is 2. The quantitative estimate of drug-likeness (QED) is 0.583. The first kappa shape index (κ1) is 20.5. The summed E-state index contributed by atoms with van der Waals surface area (Å²) in [7, 11) is 0. The van der Waals surface area contributed by atoms with Gasteiger partial charge in [0.05, 0.1) is 23.4 Å². The van der Waals surface area contributed by atoms with Gasteiger partial charge in [-0.1, -0.05) is 41.9 Å². The van der Waals surface area contributed by atoms with Crippen LogP contribution in [0.5, 0.6) is 0 Å². The first-order valence-corrected chi connectivity index (χ1v) is 9.43. The van der Waals surface area contributed by atoms with E-state index in [0.29, 0.717) is 16.8 Å². The van der Waals surface area contributed by atoms with Crippen LogP contribution < -0.4 is 10.6 Å². The van der Waals surface area contributed by atoms with E-state index in [4.69, 9.17) is 11.6 Å². The maximum Gasteiger partial charge on any atom is 0.256 e. The molecule has 1 heterocycles. The number of amides is 2. The zero-order chi connectivity index (χ0) is 20.8. The summed E-state index contributed by atoms with van der Waals surface area (Å²) >= 11 is 6.37. The molecule has 0 unspecified atom stereocenters. The molecule has 0 aliphatic heterocycles. The molecule has 0 bridgehead atoms. The molecule has 0 spiro atoms. The predicted octanol–water partition coefficient (Wildman–Crippen LogP) is 3.06. The number of carbonyl (C=O) groups excluding carboxylic acids is 2. The van der Waals surface area contributed by atoms with Gasteiger partial charge < -0.3 is 10.6 Å². The Kier molecular flexibility index (Phi) is 6.61. The predicted molar refractivity (Wildman–Crippen MR) is 109 cm³/mol. The van der Waals surface area contributed by atoms with Crippen LogP contribution in [-0.4, -0.2) is 34.7 Å². The highest BCUT2D eigenvalue weighted by Gasteiger charge is 2.20. The van der Waals surface area contributed by atoms with Crippen LogP contribution in [0.15, 0.2) is 54.6 Å². The summed E-state index contributed by atoms with van der Waals surface area (Å²) < 4.78 is 14.4. The molecule has 2 amide bonds. The lowest BCUT2D eigenvalue weighted by Gasteiger charge is -2.08. The molecule has 0 aliphatic carbocycles. The first-order chi connectivity index (χ1) is 14.0. The van der Waals surface area contributed by atoms with E-state index in [1.165, 1.54) is 16.8 Å². The van der Waals surface area contributed by atoms with Crippen molar-refractivity contribution >= 4 is 23.4 Å². The number of para-hydroxylation sites is 1. The van der Waals surface area contributed by atoms with Crippen molar-refractivity contribution in [2.45, 2.75) is 13.3 Å². The molecule has 29 heavy (non-hydrogen) atoms. The van der Waals surface area contributed by atoms with E-state index >= 15 is 0 Å². The van der Waals surface area contributed by atoms with Crippen molar-refractivity contribution in [3.63, 3.8) is 0 Å². The molecule has 150 valence electrons. The largest absolute Gasteiger partial charge is 0.354 e. The minimum absolute atomic E-state index is 0.142. The maximum absolute atomic E-state index is 12.9. The summed E-state index contributed by atoms with van der Waals surface area (Å²) in [6, 6.07) is 15.0. The van der Waals surface area contributed by atoms with Gasteiger partial charge in [-0.05, 0) is 36.8 Å². The van der Waals surface area contributed by atoms with Crippen LogP contribution in [0, 0.1) is 12.7 Å². The second-order valence-corrected chi connectivity index (χ2v) is 6.77. The lowest BCUT2D eigenvalue weighted by molar-refractivity contribution is -0.120. The van der Waals surface area contributed by atoms with Crippen molar-refractivity contribution in [3.8, 4) is 5.69 Å². The van der Waals surface area contributed by atoms with Gasteiger partial charge in [-0.15, -0.1) is 0 Å². The summed E-state index contributed by atoms with van der Waals surface area (Å²) in [5.74, 6) is -0.916. The Hall–Kier alpha value is -3.19. The lowest BCUT2D eigenvalue weighted by atomic mass is 10.1. The molecule has 0 aliphatic rings. The Morgan fingerprint density at radius 1 is 1.03 bits per heavy atom. The van der Waals surface area contributed by atoms with E-state index in [1.54, 1.807) is 19.1 Å². The van der Waals surface area contributed by atoms with Crippen molar-refractivity contribution in [1.82, 2.24) is 20.4 Å². The van der Waals surface area contributed by atoms with Crippen LogP contribution >= 0.6 is 11.6 Å². The summed E-state index contributed by atoms with van der Waals surface area (Å²) in [4.78, 5) is 24.4. The number of nitrogens with zero attached hydrogens (tertiary/aromatic N) is 2. The van der Waals surface area contributed by atoms with E-state index in [-0.39, 0.29) is 42.3 Å². The summed E-state index contributed by atoms with van der Waals surface area (Å²) in [6.07, 6.45) is 0.142. The molecule has 0 atom stereocenters. The molecule has 0 radical (unpaired) electrons. The van der Waals surface area contributed by atoms with Gasteiger partial charge in [-0.3, -0.25) is 9.59 Å². The average Bonchev–Trinajstić information content (AvgIpc) is 3.02. The fourth-order valence-corrected chi connectivity index (χ4v) is 3.17. The van der Waals surface area contributed by atoms with E-state index < -0.39 is 0 Å². The molecular weight excluding hydrogens is 395 g/mol. The Bertz CT molecular complexity index is 1000. The molecule has 2 aromatic carbocycles. The van der Waals surface area contributed by atoms with Crippen molar-refractivity contribution in [1.29, 1.82) is 0 Å². The van der Waals surface area contributed by atoms with Crippen LogP contribution in [0.1, 0.15) is 21.6 Å². The fourth-order valence-electron chi connectivity index (χ4n) is 2.81. The highest BCUT2D eigenvalue weighted by atomic mass is 35.5. The van der Waals surface area contributed by atoms with Gasteiger partial charge in [-0.25, -0.2) is 9.07 Å². The van der Waals surface area contributed by atoms with E-state index in [0.717, 1.165) is 5.69 Å². The third-order valence-electron chi connectivity index (χ3n) is 4.24. The Labute approximate surface area is 172 Å². The SMILES string of the molecule is Cc1nn(-c2ccccc2)c(Cl)c1C(=O)NCCNC(=O)Cc1ccc(F)cc1. The zero-order valence-electron chi connectivity index (χ0n) is 15.8. The highest BCUT2D eigenvalue weighted by Crippen LogP contribution is 2.23. The maximum atomic E-state index is 12.9. The van der Waals surface area contributed by atoms with Crippen LogP contribution in [0.4, 0.5) is 4.39 Å². The monoisotopic (exact) mass is 414 g/mol. The molecular formula is C21H20ClFN4O2. The molecule has 0 saturated carbocycles. The standard InChI is InChI=1S/C21H20ClFN4O2/c1-14-19(20(22)27(26-14)17-5-3-2-4-6-17)21(29)25-12-11-24-18(28)13-15-7-9-16(23)10-8-15/h2-10H,11-13H2,1H3,(H,24,28)(H,25,29). The van der Waals surface area contributed by atoms with Crippen LogP contribution in [-0.2, 0) is 11.2 Å². The number of benzene rings is 2. The fraction of sp³-hybridized carbons (Fsp3) is 0.190. The third kappa shape index (κ3) is 5.20. The second kappa shape index (κ2) is 9.34. The minimum Gasteiger partial charge on any atom is -0.354 e. The number of aryl methyl sites for hydroxylation is 1. The normalized spacial score (nSPS) is 10.6. The van der Waals surface area contributed by atoms with Gasteiger partial charge >= 0.3 is 0 Å². The molecule has 2 N–H and O–H groups in total. The van der Waals surface area contributed by atoms with Gasteiger partial charge in [0.1, 0.15) is 11.0 Å². The van der Waals surface area contributed by atoms with Gasteiger partial charge in [0.15, 0.2) is 0 Å². The summed E-state index contributed by atoms with van der Waals surface area (Å²) in [6.45, 7) is 2.21. The van der Waals surface area contributed by atoms with Gasteiger partial charge in [-0.2, -0.15) is 5.10 Å². The smallest absolute Gasteiger partial charge is 0.256 e. The van der Waals surface area contributed by atoms with Crippen molar-refractivity contribution in [3.05, 3.63) is 82.4 Å². The van der Waals surface area contributed by atoms with Gasteiger partial charge in [0, 0.05) is 13.1 Å². The second-order valence-electron chi connectivity index (χ2n) is 6.41. The van der Waals surface area contributed by atoms with Crippen molar-refractivity contribution in [2.75, 3.05) is 13.1 Å². The van der Waals surface area contributed by atoms with Crippen molar-refractivity contribution < 1.29 is 14.0 Å². The molecule has 0 fully saturated rings. The van der Waals surface area contributed by atoms with E-state index in [1.807, 2.05) is 30.3 Å². The van der Waals surface area contributed by atoms with Crippen LogP contribution in [0.2, 0.25) is 5.15 Å². The summed E-state index contributed by atoms with van der Waals surface area (Å²) in [5, 5.41) is 10.0. The highest BCUT2D eigenvalue weighted by molar-refractivity contribution is 6.33. The van der Waals surface area contributed by atoms with Gasteiger partial charge in [0.2, 0.25) is 5.91 Å². The van der Waals surface area contributed by atoms with Crippen LogP contribution in [0.25, 0.3) is 5.69 Å². The third-order valence-corrected chi connectivity index (χ3v) is 4.59. The minimum atomic E-state index is -0.359. The molecule has 1 aromatic heterocycles. The number of hydrogen-bond donors (Lipinski definition) is 2. The molecule has 3 aromatic rings. The Morgan fingerprint density at radius 2 is 1.69 bits per heavy atom. The molecule has 8 heteroatoms. The van der Waals surface area contributed by atoms with E-state index in [2.05, 4.69) is 15.7 Å². The molecule has 6 nitrogen and oxygen atoms in total. The molecule has 3 rings (SSSR count). The number of rotatable bonds is 7. The topological polar surface area (TPSA) is 76.0 Å². The Morgan fingerprint density at radius 3 is 2.38 bits per heavy atom. The summed E-state index contributed by atoms with van der Waals surface area (Å²) in [5.41, 5.74) is 2.28. The Balaban J connectivity index is 1.51. The lowest BCUT2D eigenvalue weighted by Crippen LogP contribution is -2.35. The van der Waals surface area contributed by atoms with E-state index in [9.17, 15) is 14.0 Å². The molecule has 0 saturated heterocycles. The number of carbonyl (C=O) groups is 2. The first-order valence-electron chi connectivity index (χ1n) is 9.05. The van der Waals surface area contributed by atoms with Crippen molar-refractivity contribution in [2.24, 2.45) is 0 Å². The van der Waals surface area contributed by atoms with Crippen LogP contribution in [0.3, 0.4) is 0 Å². The number of halogens is 2. The zero-order valence-corrected chi connectivity index (χ0v) is 16.5. The number of aromatic nitrogens is 2.